The van der Waals surface area contributed by atoms with E-state index in [0.717, 1.165) is 16.4 Å². The smallest absolute Gasteiger partial charge is 0.232 e. The summed E-state index contributed by atoms with van der Waals surface area (Å²) >= 11 is 1.56. The fourth-order valence-corrected chi connectivity index (χ4v) is 3.97. The maximum atomic E-state index is 11.7. The van der Waals surface area contributed by atoms with Gasteiger partial charge in [0.15, 0.2) is 5.13 Å². The second-order valence-corrected chi connectivity index (χ2v) is 8.08. The summed E-state index contributed by atoms with van der Waals surface area (Å²) in [5.74, 6) is 0. The standard InChI is InChI=1S/C15H21N3O2S2/c1-5-18(22(4,19)20)13-8-6-12(7-9-13)14-10-21-15(17-14)16-11(2)3/h6-11H,5H2,1-4H3,(H,16,17). The molecule has 0 bridgehead atoms. The normalized spacial score (nSPS) is 11.7. The van der Waals surface area contributed by atoms with Crippen molar-refractivity contribution in [2.24, 2.45) is 0 Å². The predicted molar refractivity (Wildman–Crippen MR) is 94.2 cm³/mol. The van der Waals surface area contributed by atoms with Gasteiger partial charge in [0, 0.05) is 23.5 Å². The Labute approximate surface area is 136 Å². The zero-order valence-corrected chi connectivity index (χ0v) is 14.8. The number of anilines is 2. The van der Waals surface area contributed by atoms with Crippen molar-refractivity contribution in [1.82, 2.24) is 4.98 Å². The highest BCUT2D eigenvalue weighted by atomic mass is 32.2. The minimum Gasteiger partial charge on any atom is -0.359 e. The van der Waals surface area contributed by atoms with E-state index >= 15 is 0 Å². The lowest BCUT2D eigenvalue weighted by atomic mass is 10.1. The molecule has 2 rings (SSSR count). The van der Waals surface area contributed by atoms with Crippen LogP contribution >= 0.6 is 11.3 Å². The second kappa shape index (κ2) is 6.66. The van der Waals surface area contributed by atoms with Crippen molar-refractivity contribution in [3.8, 4) is 11.3 Å². The lowest BCUT2D eigenvalue weighted by Crippen LogP contribution is -2.29. The van der Waals surface area contributed by atoms with Crippen molar-refractivity contribution in [1.29, 1.82) is 0 Å². The Balaban J connectivity index is 2.23. The van der Waals surface area contributed by atoms with Crippen LogP contribution in [-0.4, -0.2) is 32.2 Å². The monoisotopic (exact) mass is 339 g/mol. The number of thiazole rings is 1. The van der Waals surface area contributed by atoms with Crippen molar-refractivity contribution in [2.45, 2.75) is 26.8 Å². The van der Waals surface area contributed by atoms with Crippen LogP contribution in [0.5, 0.6) is 0 Å². The molecule has 1 aromatic heterocycles. The number of rotatable bonds is 6. The van der Waals surface area contributed by atoms with Crippen LogP contribution in [0.3, 0.4) is 0 Å². The maximum absolute atomic E-state index is 11.7. The molecule has 0 saturated heterocycles. The molecule has 1 N–H and O–H groups in total. The Hall–Kier alpha value is -1.60. The summed E-state index contributed by atoms with van der Waals surface area (Å²) < 4.78 is 24.8. The third-order valence-corrected chi connectivity index (χ3v) is 5.10. The zero-order chi connectivity index (χ0) is 16.3. The summed E-state index contributed by atoms with van der Waals surface area (Å²) in [7, 11) is -3.25. The van der Waals surface area contributed by atoms with E-state index in [0.29, 0.717) is 18.3 Å². The minimum absolute atomic E-state index is 0.342. The molecule has 0 atom stereocenters. The van der Waals surface area contributed by atoms with E-state index in [1.54, 1.807) is 11.3 Å². The maximum Gasteiger partial charge on any atom is 0.232 e. The molecule has 0 saturated carbocycles. The number of nitrogens with one attached hydrogen (secondary N) is 1. The molecule has 0 amide bonds. The van der Waals surface area contributed by atoms with Gasteiger partial charge in [-0.15, -0.1) is 11.3 Å². The molecule has 5 nitrogen and oxygen atoms in total. The molecule has 0 radical (unpaired) electrons. The van der Waals surface area contributed by atoms with Gasteiger partial charge < -0.3 is 5.32 Å². The number of hydrogen-bond donors (Lipinski definition) is 1. The molecular formula is C15H21N3O2S2. The first-order valence-corrected chi connectivity index (χ1v) is 9.84. The molecular weight excluding hydrogens is 318 g/mol. The number of sulfonamides is 1. The average molecular weight is 339 g/mol. The number of nitrogens with zero attached hydrogens (tertiary/aromatic N) is 2. The Morgan fingerprint density at radius 3 is 2.41 bits per heavy atom. The van der Waals surface area contributed by atoms with Gasteiger partial charge in [0.25, 0.3) is 0 Å². The van der Waals surface area contributed by atoms with Crippen molar-refractivity contribution >= 4 is 32.2 Å². The van der Waals surface area contributed by atoms with Gasteiger partial charge in [0.2, 0.25) is 10.0 Å². The average Bonchev–Trinajstić information content (AvgIpc) is 2.86. The summed E-state index contributed by atoms with van der Waals surface area (Å²) in [6.07, 6.45) is 1.22. The molecule has 0 aliphatic rings. The fourth-order valence-electron chi connectivity index (χ4n) is 2.13. The molecule has 0 aliphatic heterocycles. The Morgan fingerprint density at radius 1 is 1.27 bits per heavy atom. The van der Waals surface area contributed by atoms with Crippen LogP contribution in [0, 0.1) is 0 Å². The van der Waals surface area contributed by atoms with Crippen LogP contribution in [0.4, 0.5) is 10.8 Å². The molecule has 0 spiro atoms. The number of benzene rings is 1. The molecule has 2 aromatic rings. The molecule has 22 heavy (non-hydrogen) atoms. The van der Waals surface area contributed by atoms with Crippen molar-refractivity contribution in [3.05, 3.63) is 29.6 Å². The largest absolute Gasteiger partial charge is 0.359 e. The summed E-state index contributed by atoms with van der Waals surface area (Å²) in [4.78, 5) is 4.54. The third kappa shape index (κ3) is 3.98. The van der Waals surface area contributed by atoms with Gasteiger partial charge >= 0.3 is 0 Å². The molecule has 0 fully saturated rings. The quantitative estimate of drug-likeness (QED) is 0.876. The first kappa shape index (κ1) is 16.8. The lowest BCUT2D eigenvalue weighted by molar-refractivity contribution is 0.598. The minimum atomic E-state index is -3.25. The predicted octanol–water partition coefficient (Wildman–Crippen LogP) is 3.42. The van der Waals surface area contributed by atoms with Gasteiger partial charge in [-0.05, 0) is 32.9 Å². The lowest BCUT2D eigenvalue weighted by Gasteiger charge is -2.20. The van der Waals surface area contributed by atoms with E-state index in [1.165, 1.54) is 10.6 Å². The van der Waals surface area contributed by atoms with Gasteiger partial charge in [-0.25, -0.2) is 13.4 Å². The van der Waals surface area contributed by atoms with E-state index in [2.05, 4.69) is 24.1 Å². The summed E-state index contributed by atoms with van der Waals surface area (Å²) in [5.41, 5.74) is 2.54. The highest BCUT2D eigenvalue weighted by Crippen LogP contribution is 2.27. The summed E-state index contributed by atoms with van der Waals surface area (Å²) in [6, 6.07) is 7.77. The first-order valence-electron chi connectivity index (χ1n) is 7.11. The Kier molecular flexibility index (Phi) is 5.08. The van der Waals surface area contributed by atoms with Crippen LogP contribution in [0.15, 0.2) is 29.6 Å². The number of aromatic nitrogens is 1. The molecule has 0 unspecified atom stereocenters. The number of hydrogen-bond acceptors (Lipinski definition) is 5. The Morgan fingerprint density at radius 2 is 1.91 bits per heavy atom. The third-order valence-electron chi connectivity index (χ3n) is 3.05. The second-order valence-electron chi connectivity index (χ2n) is 5.31. The topological polar surface area (TPSA) is 62.3 Å². The van der Waals surface area contributed by atoms with Gasteiger partial charge in [-0.1, -0.05) is 12.1 Å². The highest BCUT2D eigenvalue weighted by molar-refractivity contribution is 7.92. The van der Waals surface area contributed by atoms with Crippen molar-refractivity contribution < 1.29 is 8.42 Å². The van der Waals surface area contributed by atoms with Crippen LogP contribution in [0.25, 0.3) is 11.3 Å². The van der Waals surface area contributed by atoms with E-state index in [-0.39, 0.29) is 0 Å². The van der Waals surface area contributed by atoms with E-state index in [9.17, 15) is 8.42 Å². The van der Waals surface area contributed by atoms with E-state index in [1.807, 2.05) is 36.6 Å². The van der Waals surface area contributed by atoms with Crippen LogP contribution in [0.2, 0.25) is 0 Å². The van der Waals surface area contributed by atoms with Crippen molar-refractivity contribution in [2.75, 3.05) is 22.4 Å². The highest BCUT2D eigenvalue weighted by Gasteiger charge is 2.15. The zero-order valence-electron chi connectivity index (χ0n) is 13.2. The van der Waals surface area contributed by atoms with Gasteiger partial charge in [0.05, 0.1) is 17.6 Å². The molecule has 7 heteroatoms. The van der Waals surface area contributed by atoms with Gasteiger partial charge in [-0.3, -0.25) is 4.31 Å². The molecule has 0 aliphatic carbocycles. The van der Waals surface area contributed by atoms with Crippen LogP contribution in [-0.2, 0) is 10.0 Å². The van der Waals surface area contributed by atoms with Gasteiger partial charge in [-0.2, -0.15) is 0 Å². The van der Waals surface area contributed by atoms with Crippen LogP contribution in [0.1, 0.15) is 20.8 Å². The molecule has 1 heterocycles. The van der Waals surface area contributed by atoms with E-state index in [4.69, 9.17) is 0 Å². The fraction of sp³-hybridized carbons (Fsp3) is 0.400. The van der Waals surface area contributed by atoms with E-state index < -0.39 is 10.0 Å². The molecule has 1 aromatic carbocycles. The summed E-state index contributed by atoms with van der Waals surface area (Å²) in [5, 5.41) is 6.16. The Bertz CT molecular complexity index is 722. The van der Waals surface area contributed by atoms with Gasteiger partial charge in [0.1, 0.15) is 0 Å². The SMILES string of the molecule is CCN(c1ccc(-c2csc(NC(C)C)n2)cc1)S(C)(=O)=O. The molecule has 120 valence electrons. The summed E-state index contributed by atoms with van der Waals surface area (Å²) in [6.45, 7) is 6.37. The van der Waals surface area contributed by atoms with Crippen molar-refractivity contribution in [3.63, 3.8) is 0 Å². The first-order chi connectivity index (χ1) is 10.3. The van der Waals surface area contributed by atoms with Crippen LogP contribution < -0.4 is 9.62 Å².